The molecule has 2 atom stereocenters. The van der Waals surface area contributed by atoms with Gasteiger partial charge in [0.25, 0.3) is 0 Å². The number of nitrogens with zero attached hydrogens (tertiary/aromatic N) is 1. The molecule has 6 nitrogen and oxygen atoms in total. The number of aliphatic carboxylic acids is 1. The lowest BCUT2D eigenvalue weighted by atomic mass is 9.98. The Kier molecular flexibility index (Phi) is 4.70. The van der Waals surface area contributed by atoms with Gasteiger partial charge in [-0.15, -0.1) is 0 Å². The van der Waals surface area contributed by atoms with E-state index in [1.807, 2.05) is 6.92 Å². The first-order valence-electron chi connectivity index (χ1n) is 6.14. The fourth-order valence-corrected chi connectivity index (χ4v) is 2.27. The van der Waals surface area contributed by atoms with E-state index in [-0.39, 0.29) is 19.1 Å². The van der Waals surface area contributed by atoms with Crippen LogP contribution in [0.1, 0.15) is 20.8 Å². The molecule has 18 heavy (non-hydrogen) atoms. The van der Waals surface area contributed by atoms with Crippen LogP contribution < -0.4 is 5.32 Å². The molecule has 1 fully saturated rings. The average Bonchev–Trinajstić information content (AvgIpc) is 2.75. The van der Waals surface area contributed by atoms with Gasteiger partial charge in [-0.05, 0) is 20.4 Å². The maximum absolute atomic E-state index is 12.3. The number of amides is 1. The van der Waals surface area contributed by atoms with Crippen molar-refractivity contribution >= 4 is 11.9 Å². The van der Waals surface area contributed by atoms with Crippen LogP contribution in [0, 0.1) is 5.92 Å². The molecular formula is C12H22N2O4. The van der Waals surface area contributed by atoms with Crippen molar-refractivity contribution in [3.8, 4) is 0 Å². The zero-order valence-corrected chi connectivity index (χ0v) is 11.4. The van der Waals surface area contributed by atoms with Gasteiger partial charge < -0.3 is 20.1 Å². The summed E-state index contributed by atoms with van der Waals surface area (Å²) in [4.78, 5) is 24.9. The Labute approximate surface area is 107 Å². The zero-order valence-electron chi connectivity index (χ0n) is 11.4. The molecule has 2 N–H and O–H groups in total. The molecule has 104 valence electrons. The van der Waals surface area contributed by atoms with Gasteiger partial charge in [0.2, 0.25) is 5.91 Å². The average molecular weight is 258 g/mol. The number of carbonyl (C=O) groups is 2. The molecule has 1 aliphatic heterocycles. The van der Waals surface area contributed by atoms with Crippen LogP contribution >= 0.6 is 0 Å². The molecule has 1 aliphatic rings. The van der Waals surface area contributed by atoms with Crippen LogP contribution in [0.25, 0.3) is 0 Å². The molecule has 0 aromatic rings. The van der Waals surface area contributed by atoms with Crippen molar-refractivity contribution < 1.29 is 19.4 Å². The summed E-state index contributed by atoms with van der Waals surface area (Å²) in [6.07, 6.45) is 0. The molecule has 0 bridgehead atoms. The molecular weight excluding hydrogens is 236 g/mol. The van der Waals surface area contributed by atoms with E-state index >= 15 is 0 Å². The first kappa shape index (κ1) is 14.9. The summed E-state index contributed by atoms with van der Waals surface area (Å²) in [5.74, 6) is -1.68. The lowest BCUT2D eigenvalue weighted by Crippen LogP contribution is -2.57. The number of nitrogens with one attached hydrogen (secondary N) is 1. The van der Waals surface area contributed by atoms with Crippen LogP contribution in [0.2, 0.25) is 0 Å². The third kappa shape index (κ3) is 3.00. The Bertz CT molecular complexity index is 330. The summed E-state index contributed by atoms with van der Waals surface area (Å²) >= 11 is 0. The van der Waals surface area contributed by atoms with Crippen LogP contribution in [0.15, 0.2) is 0 Å². The number of carboxylic acid groups (broad SMARTS) is 1. The van der Waals surface area contributed by atoms with E-state index in [9.17, 15) is 9.59 Å². The van der Waals surface area contributed by atoms with Gasteiger partial charge in [-0.3, -0.25) is 9.59 Å². The monoisotopic (exact) mass is 258 g/mol. The number of ether oxygens (including phenoxy) is 1. The lowest BCUT2D eigenvalue weighted by Gasteiger charge is -2.34. The highest BCUT2D eigenvalue weighted by Gasteiger charge is 2.41. The number of likely N-dealkylation sites (N-methyl/N-ethyl adjacent to an activating group) is 2. The molecule has 0 aromatic heterocycles. The second-order valence-corrected chi connectivity index (χ2v) is 5.12. The Hall–Kier alpha value is -1.14. The van der Waals surface area contributed by atoms with Gasteiger partial charge in [0.15, 0.2) is 0 Å². The molecule has 0 aromatic carbocycles. The van der Waals surface area contributed by atoms with Crippen LogP contribution in [0.3, 0.4) is 0 Å². The van der Waals surface area contributed by atoms with Gasteiger partial charge in [-0.25, -0.2) is 0 Å². The SMILES string of the molecule is CCNC(C)(C)C(=O)N(C)C1COCC1C(=O)O. The second-order valence-electron chi connectivity index (χ2n) is 5.12. The summed E-state index contributed by atoms with van der Waals surface area (Å²) in [5, 5.41) is 12.2. The molecule has 0 radical (unpaired) electrons. The third-order valence-electron chi connectivity index (χ3n) is 3.34. The van der Waals surface area contributed by atoms with E-state index in [2.05, 4.69) is 5.32 Å². The summed E-state index contributed by atoms with van der Waals surface area (Å²) in [7, 11) is 1.64. The summed E-state index contributed by atoms with van der Waals surface area (Å²) in [6.45, 7) is 6.63. The number of hydrogen-bond donors (Lipinski definition) is 2. The fourth-order valence-electron chi connectivity index (χ4n) is 2.27. The normalized spacial score (nSPS) is 24.0. The Morgan fingerprint density at radius 1 is 1.44 bits per heavy atom. The molecule has 1 rings (SSSR count). The maximum atomic E-state index is 12.3. The van der Waals surface area contributed by atoms with Crippen LogP contribution in [0.4, 0.5) is 0 Å². The Morgan fingerprint density at radius 3 is 2.56 bits per heavy atom. The van der Waals surface area contributed by atoms with Crippen molar-refractivity contribution in [2.24, 2.45) is 5.92 Å². The maximum Gasteiger partial charge on any atom is 0.311 e. The topological polar surface area (TPSA) is 78.9 Å². The van der Waals surface area contributed by atoms with Crippen molar-refractivity contribution in [3.63, 3.8) is 0 Å². The molecule has 1 saturated heterocycles. The van der Waals surface area contributed by atoms with E-state index in [0.717, 1.165) is 0 Å². The predicted octanol–water partition coefficient (Wildman–Crippen LogP) is -0.0675. The van der Waals surface area contributed by atoms with Crippen molar-refractivity contribution in [1.82, 2.24) is 10.2 Å². The minimum atomic E-state index is -0.918. The predicted molar refractivity (Wildman–Crippen MR) is 66.3 cm³/mol. The van der Waals surface area contributed by atoms with Gasteiger partial charge in [0.1, 0.15) is 5.92 Å². The summed E-state index contributed by atoms with van der Waals surface area (Å²) < 4.78 is 5.18. The quantitative estimate of drug-likeness (QED) is 0.722. The number of carboxylic acids is 1. The Morgan fingerprint density at radius 2 is 2.06 bits per heavy atom. The summed E-state index contributed by atoms with van der Waals surface area (Å²) in [5.41, 5.74) is -0.699. The minimum absolute atomic E-state index is 0.119. The van der Waals surface area contributed by atoms with E-state index in [1.54, 1.807) is 20.9 Å². The van der Waals surface area contributed by atoms with E-state index in [4.69, 9.17) is 9.84 Å². The minimum Gasteiger partial charge on any atom is -0.481 e. The first-order chi connectivity index (χ1) is 8.31. The van der Waals surface area contributed by atoms with Crippen LogP contribution in [-0.4, -0.2) is 60.3 Å². The molecule has 1 heterocycles. The first-order valence-corrected chi connectivity index (χ1v) is 6.14. The molecule has 0 spiro atoms. The number of hydrogen-bond acceptors (Lipinski definition) is 4. The number of rotatable bonds is 5. The Balaban J connectivity index is 2.77. The second kappa shape index (κ2) is 5.67. The highest BCUT2D eigenvalue weighted by atomic mass is 16.5. The van der Waals surface area contributed by atoms with Crippen molar-refractivity contribution in [2.75, 3.05) is 26.8 Å². The highest BCUT2D eigenvalue weighted by molar-refractivity contribution is 5.86. The van der Waals surface area contributed by atoms with Crippen molar-refractivity contribution in [1.29, 1.82) is 0 Å². The van der Waals surface area contributed by atoms with E-state index < -0.39 is 23.5 Å². The van der Waals surface area contributed by atoms with Crippen molar-refractivity contribution in [2.45, 2.75) is 32.4 Å². The largest absolute Gasteiger partial charge is 0.481 e. The smallest absolute Gasteiger partial charge is 0.311 e. The lowest BCUT2D eigenvalue weighted by molar-refractivity contribution is -0.146. The molecule has 2 unspecified atom stereocenters. The van der Waals surface area contributed by atoms with Gasteiger partial charge in [-0.1, -0.05) is 6.92 Å². The van der Waals surface area contributed by atoms with Crippen molar-refractivity contribution in [3.05, 3.63) is 0 Å². The highest BCUT2D eigenvalue weighted by Crippen LogP contribution is 2.21. The van der Waals surface area contributed by atoms with E-state index in [1.165, 1.54) is 4.90 Å². The van der Waals surface area contributed by atoms with Gasteiger partial charge in [-0.2, -0.15) is 0 Å². The fraction of sp³-hybridized carbons (Fsp3) is 0.833. The third-order valence-corrected chi connectivity index (χ3v) is 3.34. The summed E-state index contributed by atoms with van der Waals surface area (Å²) in [6, 6.07) is -0.395. The number of carbonyl (C=O) groups excluding carboxylic acids is 1. The van der Waals surface area contributed by atoms with E-state index in [0.29, 0.717) is 6.54 Å². The van der Waals surface area contributed by atoms with Gasteiger partial charge in [0.05, 0.1) is 24.8 Å². The zero-order chi connectivity index (χ0) is 13.9. The standard InChI is InChI=1S/C12H22N2O4/c1-5-13-12(2,3)11(17)14(4)9-7-18-6-8(9)10(15)16/h8-9,13H,5-7H2,1-4H3,(H,15,16). The van der Waals surface area contributed by atoms with Gasteiger partial charge in [0, 0.05) is 7.05 Å². The molecule has 1 amide bonds. The van der Waals surface area contributed by atoms with Gasteiger partial charge >= 0.3 is 5.97 Å². The molecule has 6 heteroatoms. The molecule has 0 aliphatic carbocycles. The molecule has 0 saturated carbocycles. The van der Waals surface area contributed by atoms with Crippen LogP contribution in [0.5, 0.6) is 0 Å². The van der Waals surface area contributed by atoms with Crippen LogP contribution in [-0.2, 0) is 14.3 Å².